The maximum absolute atomic E-state index is 12.4. The molecule has 1 amide bonds. The number of rotatable bonds is 2. The van der Waals surface area contributed by atoms with Gasteiger partial charge >= 0.3 is 0 Å². The van der Waals surface area contributed by atoms with Crippen molar-refractivity contribution in [1.82, 2.24) is 4.57 Å². The first-order valence-corrected chi connectivity index (χ1v) is 8.23. The number of para-hydroxylation sites is 1. The van der Waals surface area contributed by atoms with Crippen LogP contribution in [0, 0.1) is 12.3 Å². The van der Waals surface area contributed by atoms with E-state index in [9.17, 15) is 4.79 Å². The number of benzene rings is 2. The Morgan fingerprint density at radius 3 is 2.78 bits per heavy atom. The Balaban J connectivity index is 2.19. The van der Waals surface area contributed by atoms with Crippen molar-refractivity contribution in [2.45, 2.75) is 6.54 Å². The number of fused-ring (bicyclic) bond motifs is 1. The van der Waals surface area contributed by atoms with Crippen LogP contribution in [0.3, 0.4) is 0 Å². The highest BCUT2D eigenvalue weighted by molar-refractivity contribution is 7.16. The maximum atomic E-state index is 12.4. The van der Waals surface area contributed by atoms with Crippen LogP contribution in [0.15, 0.2) is 47.5 Å². The molecular formula is C17H10Cl2N2OS. The molecule has 0 N–H and O–H groups in total. The number of hydrogen-bond donors (Lipinski definition) is 0. The molecule has 0 aliphatic carbocycles. The first-order valence-electron chi connectivity index (χ1n) is 6.66. The third-order valence-electron chi connectivity index (χ3n) is 3.17. The zero-order valence-electron chi connectivity index (χ0n) is 11.8. The number of carbonyl (C=O) groups is 1. The van der Waals surface area contributed by atoms with Gasteiger partial charge in [-0.3, -0.25) is 4.79 Å². The maximum Gasteiger partial charge on any atom is 0.279 e. The fourth-order valence-corrected chi connectivity index (χ4v) is 3.76. The van der Waals surface area contributed by atoms with Gasteiger partial charge in [0.05, 0.1) is 21.8 Å². The second kappa shape index (κ2) is 6.59. The molecule has 114 valence electrons. The van der Waals surface area contributed by atoms with E-state index in [1.807, 2.05) is 12.1 Å². The fraction of sp³-hybridized carbons (Fsp3) is 0.0588. The minimum Gasteiger partial charge on any atom is -0.303 e. The van der Waals surface area contributed by atoms with Crippen LogP contribution in [0.1, 0.15) is 10.4 Å². The average Bonchev–Trinajstić information content (AvgIpc) is 2.86. The summed E-state index contributed by atoms with van der Waals surface area (Å²) in [5, 5.41) is 1.06. The van der Waals surface area contributed by atoms with Gasteiger partial charge in [-0.2, -0.15) is 4.99 Å². The number of amides is 1. The van der Waals surface area contributed by atoms with E-state index in [1.54, 1.807) is 34.9 Å². The quantitative estimate of drug-likeness (QED) is 0.624. The summed E-state index contributed by atoms with van der Waals surface area (Å²) in [6.45, 7) is 0.283. The lowest BCUT2D eigenvalue weighted by Gasteiger charge is -2.01. The van der Waals surface area contributed by atoms with Crippen molar-refractivity contribution >= 4 is 50.7 Å². The predicted molar refractivity (Wildman–Crippen MR) is 95.0 cm³/mol. The van der Waals surface area contributed by atoms with Crippen molar-refractivity contribution in [2.75, 3.05) is 0 Å². The van der Waals surface area contributed by atoms with Crippen LogP contribution in [-0.4, -0.2) is 10.5 Å². The Hall–Kier alpha value is -2.06. The van der Waals surface area contributed by atoms with Gasteiger partial charge in [-0.1, -0.05) is 52.6 Å². The molecule has 3 aromatic rings. The molecule has 0 saturated carbocycles. The number of terminal acetylenes is 1. The van der Waals surface area contributed by atoms with Gasteiger partial charge in [0, 0.05) is 10.6 Å². The summed E-state index contributed by atoms with van der Waals surface area (Å²) in [6.07, 6.45) is 5.44. The molecule has 3 rings (SSSR count). The Bertz CT molecular complexity index is 1010. The van der Waals surface area contributed by atoms with Gasteiger partial charge in [-0.05, 0) is 30.3 Å². The summed E-state index contributed by atoms with van der Waals surface area (Å²) < 4.78 is 2.69. The summed E-state index contributed by atoms with van der Waals surface area (Å²) >= 11 is 13.5. The first kappa shape index (κ1) is 15.8. The van der Waals surface area contributed by atoms with Gasteiger partial charge in [-0.25, -0.2) is 0 Å². The summed E-state index contributed by atoms with van der Waals surface area (Å²) in [7, 11) is 0. The largest absolute Gasteiger partial charge is 0.303 e. The molecule has 0 aliphatic heterocycles. The molecule has 0 unspecified atom stereocenters. The molecule has 0 saturated heterocycles. The van der Waals surface area contributed by atoms with Gasteiger partial charge in [-0.15, -0.1) is 6.42 Å². The number of nitrogens with zero attached hydrogens (tertiary/aromatic N) is 2. The van der Waals surface area contributed by atoms with Gasteiger partial charge in [0.15, 0.2) is 4.80 Å². The standard InChI is InChI=1S/C17H10Cl2N2OS/c1-2-9-21-15-13(19)7-4-8-14(15)23-17(21)20-16(22)11-5-3-6-12(18)10-11/h1,3-8,10H,9H2. The van der Waals surface area contributed by atoms with Crippen molar-refractivity contribution < 1.29 is 4.79 Å². The van der Waals surface area contributed by atoms with E-state index in [1.165, 1.54) is 11.3 Å². The van der Waals surface area contributed by atoms with Crippen LogP contribution in [0.2, 0.25) is 10.0 Å². The minimum absolute atomic E-state index is 0.283. The minimum atomic E-state index is -0.374. The van der Waals surface area contributed by atoms with Crippen molar-refractivity contribution in [3.8, 4) is 12.3 Å². The van der Waals surface area contributed by atoms with Gasteiger partial charge in [0.2, 0.25) is 0 Å². The fourth-order valence-electron chi connectivity index (χ4n) is 2.18. The summed E-state index contributed by atoms with van der Waals surface area (Å²) in [6, 6.07) is 12.2. The van der Waals surface area contributed by atoms with Crippen molar-refractivity contribution in [2.24, 2.45) is 4.99 Å². The highest BCUT2D eigenvalue weighted by Crippen LogP contribution is 2.25. The lowest BCUT2D eigenvalue weighted by atomic mass is 10.2. The predicted octanol–water partition coefficient (Wildman–Crippen LogP) is 4.38. The summed E-state index contributed by atoms with van der Waals surface area (Å²) in [5.74, 6) is 2.20. The molecule has 0 radical (unpaired) electrons. The molecule has 0 bridgehead atoms. The molecule has 23 heavy (non-hydrogen) atoms. The monoisotopic (exact) mass is 360 g/mol. The third kappa shape index (κ3) is 3.18. The molecular weight excluding hydrogens is 351 g/mol. The zero-order chi connectivity index (χ0) is 16.4. The van der Waals surface area contributed by atoms with E-state index in [2.05, 4.69) is 10.9 Å². The second-order valence-electron chi connectivity index (χ2n) is 4.69. The number of hydrogen-bond acceptors (Lipinski definition) is 2. The lowest BCUT2D eigenvalue weighted by molar-refractivity contribution is 0.0998. The smallest absolute Gasteiger partial charge is 0.279 e. The number of carbonyl (C=O) groups excluding carboxylic acids is 1. The van der Waals surface area contributed by atoms with E-state index in [0.717, 1.165) is 10.2 Å². The van der Waals surface area contributed by atoms with Crippen LogP contribution in [0.4, 0.5) is 0 Å². The third-order valence-corrected chi connectivity index (χ3v) is 4.75. The van der Waals surface area contributed by atoms with E-state index in [-0.39, 0.29) is 12.5 Å². The molecule has 0 fully saturated rings. The van der Waals surface area contributed by atoms with Gasteiger partial charge in [0.1, 0.15) is 0 Å². The lowest BCUT2D eigenvalue weighted by Crippen LogP contribution is -2.16. The van der Waals surface area contributed by atoms with Crippen LogP contribution in [0.5, 0.6) is 0 Å². The van der Waals surface area contributed by atoms with Crippen molar-refractivity contribution in [1.29, 1.82) is 0 Å². The zero-order valence-corrected chi connectivity index (χ0v) is 14.1. The second-order valence-corrected chi connectivity index (χ2v) is 6.54. The van der Waals surface area contributed by atoms with Crippen LogP contribution < -0.4 is 4.80 Å². The molecule has 2 aromatic carbocycles. The molecule has 1 heterocycles. The van der Waals surface area contributed by atoms with E-state index >= 15 is 0 Å². The van der Waals surface area contributed by atoms with E-state index < -0.39 is 0 Å². The highest BCUT2D eigenvalue weighted by atomic mass is 35.5. The van der Waals surface area contributed by atoms with Gasteiger partial charge < -0.3 is 4.57 Å². The Morgan fingerprint density at radius 1 is 1.26 bits per heavy atom. The Morgan fingerprint density at radius 2 is 2.04 bits per heavy atom. The molecule has 6 heteroatoms. The van der Waals surface area contributed by atoms with Crippen LogP contribution in [0.25, 0.3) is 10.2 Å². The SMILES string of the molecule is C#CCn1c(=NC(=O)c2cccc(Cl)c2)sc2cccc(Cl)c21. The molecule has 3 nitrogen and oxygen atoms in total. The Labute approximate surface area is 146 Å². The molecule has 0 aliphatic rings. The van der Waals surface area contributed by atoms with Crippen LogP contribution >= 0.6 is 34.5 Å². The topological polar surface area (TPSA) is 34.4 Å². The molecule has 0 atom stereocenters. The average molecular weight is 361 g/mol. The van der Waals surface area contributed by atoms with E-state index in [0.29, 0.717) is 20.4 Å². The first-order chi connectivity index (χ1) is 11.1. The van der Waals surface area contributed by atoms with Gasteiger partial charge in [0.25, 0.3) is 5.91 Å². The summed E-state index contributed by atoms with van der Waals surface area (Å²) in [4.78, 5) is 17.1. The number of thiazole rings is 1. The number of aromatic nitrogens is 1. The van der Waals surface area contributed by atoms with Crippen molar-refractivity contribution in [3.63, 3.8) is 0 Å². The van der Waals surface area contributed by atoms with Crippen LogP contribution in [-0.2, 0) is 6.54 Å². The number of halogens is 2. The molecule has 1 aromatic heterocycles. The van der Waals surface area contributed by atoms with Crippen molar-refractivity contribution in [3.05, 3.63) is 62.9 Å². The van der Waals surface area contributed by atoms with E-state index in [4.69, 9.17) is 29.6 Å². The Kier molecular flexibility index (Phi) is 4.53. The molecule has 0 spiro atoms. The highest BCUT2D eigenvalue weighted by Gasteiger charge is 2.11. The normalized spacial score (nSPS) is 11.6. The summed E-state index contributed by atoms with van der Waals surface area (Å²) in [5.41, 5.74) is 1.21.